The quantitative estimate of drug-likeness (QED) is 0.638. The van der Waals surface area contributed by atoms with E-state index in [0.29, 0.717) is 6.54 Å². The number of amides is 1. The maximum Gasteiger partial charge on any atom is 0.229 e. The van der Waals surface area contributed by atoms with E-state index in [1.54, 1.807) is 7.11 Å². The van der Waals surface area contributed by atoms with Gasteiger partial charge in [0.2, 0.25) is 5.91 Å². The fourth-order valence-electron chi connectivity index (χ4n) is 4.08. The molecular weight excluding hydrogens is 388 g/mol. The Labute approximate surface area is 183 Å². The fraction of sp³-hybridized carbons (Fsp3) is 0.320. The molecule has 0 spiro atoms. The van der Waals surface area contributed by atoms with Crippen molar-refractivity contribution in [1.29, 1.82) is 0 Å². The average molecular weight is 417 g/mol. The molecule has 1 unspecified atom stereocenters. The molecule has 1 N–H and O–H groups in total. The predicted molar refractivity (Wildman–Crippen MR) is 123 cm³/mol. The van der Waals surface area contributed by atoms with Crippen LogP contribution in [-0.2, 0) is 11.2 Å². The summed E-state index contributed by atoms with van der Waals surface area (Å²) in [5, 5.41) is 12.0. The molecule has 6 heteroatoms. The molecule has 31 heavy (non-hydrogen) atoms. The molecule has 1 saturated heterocycles. The second-order valence-electron chi connectivity index (χ2n) is 7.76. The third kappa shape index (κ3) is 4.68. The Bertz CT molecular complexity index is 1040. The van der Waals surface area contributed by atoms with Gasteiger partial charge in [-0.3, -0.25) is 4.79 Å². The lowest BCUT2D eigenvalue weighted by Gasteiger charge is -2.32. The summed E-state index contributed by atoms with van der Waals surface area (Å²) in [7, 11) is 1.65. The van der Waals surface area contributed by atoms with E-state index in [2.05, 4.69) is 33.4 Å². The van der Waals surface area contributed by atoms with Gasteiger partial charge in [-0.05, 0) is 55.2 Å². The van der Waals surface area contributed by atoms with E-state index in [0.717, 1.165) is 59.9 Å². The highest BCUT2D eigenvalue weighted by Crippen LogP contribution is 2.29. The Morgan fingerprint density at radius 2 is 1.90 bits per heavy atom. The number of ether oxygens (including phenoxy) is 1. The number of methoxy groups -OCH3 is 1. The van der Waals surface area contributed by atoms with E-state index in [-0.39, 0.29) is 11.8 Å². The molecule has 4 rings (SSSR count). The van der Waals surface area contributed by atoms with E-state index in [1.807, 2.05) is 54.6 Å². The maximum absolute atomic E-state index is 12.9. The lowest BCUT2D eigenvalue weighted by atomic mass is 9.96. The molecule has 1 aliphatic heterocycles. The van der Waals surface area contributed by atoms with Crippen molar-refractivity contribution in [2.24, 2.45) is 5.92 Å². The Balaban J connectivity index is 1.45. The number of carbonyl (C=O) groups is 1. The van der Waals surface area contributed by atoms with Gasteiger partial charge >= 0.3 is 0 Å². The van der Waals surface area contributed by atoms with Crippen LogP contribution in [0.5, 0.6) is 5.75 Å². The Morgan fingerprint density at radius 1 is 1.10 bits per heavy atom. The highest BCUT2D eigenvalue weighted by atomic mass is 16.5. The number of aryl methyl sites for hydroxylation is 1. The van der Waals surface area contributed by atoms with Gasteiger partial charge in [0.05, 0.1) is 18.7 Å². The number of anilines is 2. The lowest BCUT2D eigenvalue weighted by Crippen LogP contribution is -2.41. The summed E-state index contributed by atoms with van der Waals surface area (Å²) in [5.41, 5.74) is 3.74. The Morgan fingerprint density at radius 3 is 2.68 bits per heavy atom. The first kappa shape index (κ1) is 20.8. The van der Waals surface area contributed by atoms with Crippen LogP contribution in [0.1, 0.15) is 25.3 Å². The molecule has 2 heterocycles. The zero-order chi connectivity index (χ0) is 21.6. The van der Waals surface area contributed by atoms with Gasteiger partial charge in [0, 0.05) is 24.3 Å². The van der Waals surface area contributed by atoms with E-state index >= 15 is 0 Å². The largest absolute Gasteiger partial charge is 0.496 e. The van der Waals surface area contributed by atoms with Gasteiger partial charge in [-0.2, -0.15) is 0 Å². The van der Waals surface area contributed by atoms with Gasteiger partial charge in [-0.1, -0.05) is 37.3 Å². The van der Waals surface area contributed by atoms with Crippen LogP contribution in [0.3, 0.4) is 0 Å². The first-order valence-electron chi connectivity index (χ1n) is 10.8. The molecule has 1 amide bonds. The minimum Gasteiger partial charge on any atom is -0.496 e. The summed E-state index contributed by atoms with van der Waals surface area (Å²) in [6.07, 6.45) is 2.72. The van der Waals surface area contributed by atoms with E-state index in [1.165, 1.54) is 0 Å². The number of hydrogen-bond donors (Lipinski definition) is 1. The molecular formula is C25H28N4O2. The van der Waals surface area contributed by atoms with Gasteiger partial charge in [0.25, 0.3) is 0 Å². The Kier molecular flexibility index (Phi) is 6.46. The van der Waals surface area contributed by atoms with Crippen molar-refractivity contribution in [3.63, 3.8) is 0 Å². The van der Waals surface area contributed by atoms with Crippen LogP contribution in [0.4, 0.5) is 11.5 Å². The molecule has 3 aromatic rings. The minimum atomic E-state index is -0.0747. The zero-order valence-electron chi connectivity index (χ0n) is 18.0. The van der Waals surface area contributed by atoms with Gasteiger partial charge in [0.1, 0.15) is 5.75 Å². The Hall–Kier alpha value is -3.41. The third-order valence-corrected chi connectivity index (χ3v) is 5.81. The summed E-state index contributed by atoms with van der Waals surface area (Å²) in [5.74, 6) is 1.57. The molecule has 0 saturated carbocycles. The maximum atomic E-state index is 12.9. The highest BCUT2D eigenvalue weighted by Gasteiger charge is 2.27. The number of nitrogens with one attached hydrogen (secondary N) is 1. The summed E-state index contributed by atoms with van der Waals surface area (Å²) >= 11 is 0. The number of carbonyl (C=O) groups excluding carboxylic acids is 1. The number of aromatic nitrogens is 2. The molecule has 0 radical (unpaired) electrons. The minimum absolute atomic E-state index is 0.0733. The van der Waals surface area contributed by atoms with Crippen LogP contribution < -0.4 is 15.0 Å². The van der Waals surface area contributed by atoms with Crippen LogP contribution >= 0.6 is 0 Å². The van der Waals surface area contributed by atoms with Crippen LogP contribution in [0.25, 0.3) is 11.3 Å². The van der Waals surface area contributed by atoms with Gasteiger partial charge in [0.15, 0.2) is 5.82 Å². The van der Waals surface area contributed by atoms with E-state index < -0.39 is 0 Å². The molecule has 1 atom stereocenters. The number of para-hydroxylation sites is 2. The number of piperidine rings is 1. The third-order valence-electron chi connectivity index (χ3n) is 5.81. The van der Waals surface area contributed by atoms with E-state index in [9.17, 15) is 4.79 Å². The summed E-state index contributed by atoms with van der Waals surface area (Å²) in [4.78, 5) is 15.1. The number of benzene rings is 2. The summed E-state index contributed by atoms with van der Waals surface area (Å²) < 4.78 is 5.43. The topological polar surface area (TPSA) is 67.4 Å². The number of hydrogen-bond acceptors (Lipinski definition) is 5. The van der Waals surface area contributed by atoms with Crippen molar-refractivity contribution in [3.05, 3.63) is 66.2 Å². The summed E-state index contributed by atoms with van der Waals surface area (Å²) in [6, 6.07) is 19.7. The number of nitrogens with zero attached hydrogens (tertiary/aromatic N) is 3. The molecule has 6 nitrogen and oxygen atoms in total. The molecule has 1 fully saturated rings. The number of rotatable bonds is 6. The van der Waals surface area contributed by atoms with Crippen LogP contribution in [-0.4, -0.2) is 36.3 Å². The van der Waals surface area contributed by atoms with Crippen molar-refractivity contribution in [1.82, 2.24) is 10.2 Å². The van der Waals surface area contributed by atoms with Gasteiger partial charge in [-0.15, -0.1) is 10.2 Å². The van der Waals surface area contributed by atoms with Crippen LogP contribution in [0.15, 0.2) is 60.7 Å². The van der Waals surface area contributed by atoms with Crippen molar-refractivity contribution in [2.45, 2.75) is 26.2 Å². The average Bonchev–Trinajstić information content (AvgIpc) is 2.84. The van der Waals surface area contributed by atoms with E-state index in [4.69, 9.17) is 4.74 Å². The van der Waals surface area contributed by atoms with Gasteiger partial charge in [-0.25, -0.2) is 0 Å². The molecule has 2 aromatic carbocycles. The monoisotopic (exact) mass is 416 g/mol. The van der Waals surface area contributed by atoms with Crippen LogP contribution in [0.2, 0.25) is 0 Å². The molecule has 1 aliphatic rings. The van der Waals surface area contributed by atoms with Crippen molar-refractivity contribution in [2.75, 3.05) is 30.4 Å². The second kappa shape index (κ2) is 9.60. The standard InChI is InChI=1S/C25H28N4O2/c1-3-18-9-4-6-12-21(18)26-25(30)19-10-8-16-29(17-19)24-15-14-22(27-28-24)20-11-5-7-13-23(20)31-2/h4-7,9,11-15,19H,3,8,10,16-17H2,1-2H3,(H,26,30). The van der Waals surface area contributed by atoms with Crippen molar-refractivity contribution < 1.29 is 9.53 Å². The first-order valence-corrected chi connectivity index (χ1v) is 10.8. The van der Waals surface area contributed by atoms with Crippen molar-refractivity contribution >= 4 is 17.4 Å². The van der Waals surface area contributed by atoms with Crippen molar-refractivity contribution in [3.8, 4) is 17.0 Å². The molecule has 160 valence electrons. The lowest BCUT2D eigenvalue weighted by molar-refractivity contribution is -0.120. The first-order chi connectivity index (χ1) is 15.2. The van der Waals surface area contributed by atoms with Crippen LogP contribution in [0, 0.1) is 5.92 Å². The molecule has 0 bridgehead atoms. The second-order valence-corrected chi connectivity index (χ2v) is 7.76. The SMILES string of the molecule is CCc1ccccc1NC(=O)C1CCCN(c2ccc(-c3ccccc3OC)nn2)C1. The smallest absolute Gasteiger partial charge is 0.229 e. The predicted octanol–water partition coefficient (Wildman–Crippen LogP) is 4.57. The fourth-order valence-corrected chi connectivity index (χ4v) is 4.08. The normalized spacial score (nSPS) is 16.1. The summed E-state index contributed by atoms with van der Waals surface area (Å²) in [6.45, 7) is 3.61. The van der Waals surface area contributed by atoms with Gasteiger partial charge < -0.3 is 15.0 Å². The molecule has 0 aliphatic carbocycles. The highest BCUT2D eigenvalue weighted by molar-refractivity contribution is 5.93. The molecule has 1 aromatic heterocycles. The zero-order valence-corrected chi connectivity index (χ0v) is 18.0.